The number of rotatable bonds is 6. The lowest BCUT2D eigenvalue weighted by Crippen LogP contribution is -1.96. The molecule has 2 heterocycles. The van der Waals surface area contributed by atoms with Gasteiger partial charge < -0.3 is 0 Å². The van der Waals surface area contributed by atoms with E-state index in [9.17, 15) is 0 Å². The highest BCUT2D eigenvalue weighted by molar-refractivity contribution is 6.13. The zero-order chi connectivity index (χ0) is 35.8. The summed E-state index contributed by atoms with van der Waals surface area (Å²) in [6, 6.07) is 66.5. The molecule has 10 aromatic rings. The Labute approximate surface area is 313 Å². The number of hydrogen-bond donors (Lipinski definition) is 0. The van der Waals surface area contributed by atoms with Gasteiger partial charge in [0.15, 0.2) is 5.82 Å². The summed E-state index contributed by atoms with van der Waals surface area (Å²) < 4.78 is 0. The van der Waals surface area contributed by atoms with Crippen molar-refractivity contribution in [1.82, 2.24) is 15.0 Å². The summed E-state index contributed by atoms with van der Waals surface area (Å²) in [5, 5.41) is 6.14. The van der Waals surface area contributed by atoms with Crippen molar-refractivity contribution in [2.75, 3.05) is 0 Å². The molecule has 10 rings (SSSR count). The minimum atomic E-state index is 0.690. The van der Waals surface area contributed by atoms with Gasteiger partial charge in [-0.1, -0.05) is 170 Å². The van der Waals surface area contributed by atoms with Crippen LogP contribution in [0, 0.1) is 0 Å². The number of benzene rings is 8. The molecule has 0 amide bonds. The normalized spacial score (nSPS) is 11.3. The molecule has 0 saturated carbocycles. The second kappa shape index (κ2) is 13.4. The highest BCUT2D eigenvalue weighted by atomic mass is 14.9. The van der Waals surface area contributed by atoms with Gasteiger partial charge in [0.25, 0.3) is 0 Å². The minimum Gasteiger partial charge on any atom is -0.256 e. The Hall–Kier alpha value is -7.23. The van der Waals surface area contributed by atoms with Crippen LogP contribution in [0.2, 0.25) is 0 Å². The Morgan fingerprint density at radius 1 is 0.296 bits per heavy atom. The van der Waals surface area contributed by atoms with Crippen molar-refractivity contribution in [2.24, 2.45) is 0 Å². The van der Waals surface area contributed by atoms with Crippen LogP contribution >= 0.6 is 0 Å². The maximum atomic E-state index is 5.28. The van der Waals surface area contributed by atoms with Crippen molar-refractivity contribution < 1.29 is 0 Å². The van der Waals surface area contributed by atoms with Crippen molar-refractivity contribution in [1.29, 1.82) is 0 Å². The molecule has 0 saturated heterocycles. The van der Waals surface area contributed by atoms with E-state index in [2.05, 4.69) is 175 Å². The quantitative estimate of drug-likeness (QED) is 0.163. The van der Waals surface area contributed by atoms with Crippen molar-refractivity contribution in [2.45, 2.75) is 0 Å². The lowest BCUT2D eigenvalue weighted by Gasteiger charge is -2.14. The van der Waals surface area contributed by atoms with Crippen LogP contribution in [0.25, 0.3) is 99.6 Å². The van der Waals surface area contributed by atoms with Gasteiger partial charge in [0, 0.05) is 40.0 Å². The van der Waals surface area contributed by atoms with Gasteiger partial charge in [0.05, 0.1) is 11.2 Å². The predicted octanol–water partition coefficient (Wildman–Crippen LogP) is 13.3. The molecule has 8 aromatic carbocycles. The third kappa shape index (κ3) is 5.78. The zero-order valence-corrected chi connectivity index (χ0v) is 29.4. The average molecular weight is 688 g/mol. The maximum Gasteiger partial charge on any atom is 0.159 e. The van der Waals surface area contributed by atoms with E-state index in [1.54, 1.807) is 0 Å². The topological polar surface area (TPSA) is 38.7 Å². The van der Waals surface area contributed by atoms with E-state index >= 15 is 0 Å². The first kappa shape index (κ1) is 31.5. The van der Waals surface area contributed by atoms with Gasteiger partial charge >= 0.3 is 0 Å². The number of nitrogens with zero attached hydrogens (tertiary/aromatic N) is 3. The molecule has 0 fully saturated rings. The highest BCUT2D eigenvalue weighted by Gasteiger charge is 2.15. The third-order valence-electron chi connectivity index (χ3n) is 10.4. The summed E-state index contributed by atoms with van der Waals surface area (Å²) in [5.74, 6) is 0.690. The van der Waals surface area contributed by atoms with Crippen LogP contribution in [0.4, 0.5) is 0 Å². The van der Waals surface area contributed by atoms with Crippen LogP contribution in [0.3, 0.4) is 0 Å². The molecule has 3 heteroatoms. The molecule has 3 nitrogen and oxygen atoms in total. The summed E-state index contributed by atoms with van der Waals surface area (Å²) in [6.45, 7) is 0. The summed E-state index contributed by atoms with van der Waals surface area (Å²) in [6.07, 6.45) is 3.92. The third-order valence-corrected chi connectivity index (χ3v) is 10.4. The van der Waals surface area contributed by atoms with Gasteiger partial charge in [0.2, 0.25) is 0 Å². The molecule has 0 aliphatic carbocycles. The number of para-hydroxylation sites is 1. The first-order valence-corrected chi connectivity index (χ1v) is 18.2. The van der Waals surface area contributed by atoms with E-state index in [1.807, 2.05) is 30.6 Å². The van der Waals surface area contributed by atoms with Crippen molar-refractivity contribution >= 4 is 32.4 Å². The Bertz CT molecular complexity index is 2950. The molecule has 0 bridgehead atoms. The average Bonchev–Trinajstić information content (AvgIpc) is 3.26. The summed E-state index contributed by atoms with van der Waals surface area (Å²) in [7, 11) is 0. The van der Waals surface area contributed by atoms with E-state index < -0.39 is 0 Å². The van der Waals surface area contributed by atoms with Crippen molar-refractivity contribution in [3.8, 4) is 67.2 Å². The summed E-state index contributed by atoms with van der Waals surface area (Å²) in [5.41, 5.74) is 12.9. The molecule has 0 N–H and O–H groups in total. The van der Waals surface area contributed by atoms with Gasteiger partial charge in [-0.3, -0.25) is 4.98 Å². The number of aromatic nitrogens is 3. The fourth-order valence-electron chi connectivity index (χ4n) is 7.57. The van der Waals surface area contributed by atoms with E-state index in [-0.39, 0.29) is 0 Å². The van der Waals surface area contributed by atoms with Crippen LogP contribution in [0.15, 0.2) is 200 Å². The van der Waals surface area contributed by atoms with Gasteiger partial charge in [0.1, 0.15) is 0 Å². The number of hydrogen-bond acceptors (Lipinski definition) is 3. The van der Waals surface area contributed by atoms with Crippen LogP contribution in [-0.2, 0) is 0 Å². The molecule has 252 valence electrons. The van der Waals surface area contributed by atoms with E-state index in [1.165, 1.54) is 38.2 Å². The standard InChI is InChI=1S/C51H33N3/c1-2-10-34(11-3-1)35-20-26-39(27-21-35)50-48(38-22-18-36(19-23-38)43-30-42-13-5-9-17-49(42)52-32-43)33-53-51(54-50)40-28-24-37(25-29-40)47-31-41-12-4-6-14-44(41)45-15-7-8-16-46(45)47/h1-33H. The Morgan fingerprint density at radius 3 is 1.59 bits per heavy atom. The Balaban J connectivity index is 1.04. The Morgan fingerprint density at radius 2 is 0.833 bits per heavy atom. The number of pyridine rings is 1. The largest absolute Gasteiger partial charge is 0.256 e. The first-order chi connectivity index (χ1) is 26.7. The van der Waals surface area contributed by atoms with E-state index in [4.69, 9.17) is 9.97 Å². The minimum absolute atomic E-state index is 0.690. The summed E-state index contributed by atoms with van der Waals surface area (Å²) >= 11 is 0. The molecular weight excluding hydrogens is 655 g/mol. The second-order valence-electron chi connectivity index (χ2n) is 13.7. The lowest BCUT2D eigenvalue weighted by atomic mass is 9.93. The molecule has 0 aliphatic heterocycles. The highest BCUT2D eigenvalue weighted by Crippen LogP contribution is 2.37. The SMILES string of the molecule is c1ccc(-c2ccc(-c3nc(-c4ccc(-c5cc6ccccc6c6ccccc56)cc4)ncc3-c3ccc(-c4cnc5ccccc5c4)cc3)cc2)cc1. The first-order valence-electron chi connectivity index (χ1n) is 18.2. The van der Waals surface area contributed by atoms with Crippen molar-refractivity contribution in [3.05, 3.63) is 200 Å². The van der Waals surface area contributed by atoms with Gasteiger partial charge in [-0.05, 0) is 73.1 Å². The smallest absolute Gasteiger partial charge is 0.159 e. The predicted molar refractivity (Wildman–Crippen MR) is 225 cm³/mol. The Kier molecular flexibility index (Phi) is 7.81. The molecule has 0 spiro atoms. The van der Waals surface area contributed by atoms with Crippen LogP contribution in [0.5, 0.6) is 0 Å². The molecule has 0 unspecified atom stereocenters. The molecule has 0 radical (unpaired) electrons. The monoisotopic (exact) mass is 687 g/mol. The fourth-order valence-corrected chi connectivity index (χ4v) is 7.57. The molecular formula is C51H33N3. The molecule has 0 atom stereocenters. The van der Waals surface area contributed by atoms with Gasteiger partial charge in [-0.25, -0.2) is 9.97 Å². The summed E-state index contributed by atoms with van der Waals surface area (Å²) in [4.78, 5) is 14.9. The molecule has 2 aromatic heterocycles. The fraction of sp³-hybridized carbons (Fsp3) is 0. The molecule has 54 heavy (non-hydrogen) atoms. The van der Waals surface area contributed by atoms with Gasteiger partial charge in [-0.2, -0.15) is 0 Å². The second-order valence-corrected chi connectivity index (χ2v) is 13.7. The van der Waals surface area contributed by atoms with Crippen LogP contribution in [-0.4, -0.2) is 15.0 Å². The van der Waals surface area contributed by atoms with E-state index in [0.717, 1.165) is 55.5 Å². The van der Waals surface area contributed by atoms with Crippen LogP contribution < -0.4 is 0 Å². The molecule has 0 aliphatic rings. The number of fused-ring (bicyclic) bond motifs is 4. The maximum absolute atomic E-state index is 5.28. The van der Waals surface area contributed by atoms with Crippen LogP contribution in [0.1, 0.15) is 0 Å². The van der Waals surface area contributed by atoms with Crippen molar-refractivity contribution in [3.63, 3.8) is 0 Å². The van der Waals surface area contributed by atoms with E-state index in [0.29, 0.717) is 5.82 Å². The lowest BCUT2D eigenvalue weighted by molar-refractivity contribution is 1.18. The zero-order valence-electron chi connectivity index (χ0n) is 29.4. The van der Waals surface area contributed by atoms with Gasteiger partial charge in [-0.15, -0.1) is 0 Å².